The topological polar surface area (TPSA) is 93.1 Å². The highest BCUT2D eigenvalue weighted by atomic mass is 16.5. The first-order valence-electron chi connectivity index (χ1n) is 11.3. The smallest absolute Gasteiger partial charge is 0.337 e. The second kappa shape index (κ2) is 9.10. The van der Waals surface area contributed by atoms with Crippen molar-refractivity contribution in [3.63, 3.8) is 0 Å². The Labute approximate surface area is 202 Å². The molecule has 3 aromatic carbocycles. The maximum atomic E-state index is 13.3. The van der Waals surface area contributed by atoms with Crippen molar-refractivity contribution in [3.8, 4) is 5.75 Å². The van der Waals surface area contributed by atoms with Crippen molar-refractivity contribution < 1.29 is 29.0 Å². The largest absolute Gasteiger partial charge is 0.507 e. The molecule has 0 spiro atoms. The van der Waals surface area contributed by atoms with Crippen molar-refractivity contribution in [2.75, 3.05) is 18.6 Å². The molecule has 7 nitrogen and oxygen atoms in total. The van der Waals surface area contributed by atoms with Crippen LogP contribution in [0.4, 0.5) is 5.69 Å². The van der Waals surface area contributed by atoms with E-state index in [1.807, 2.05) is 6.07 Å². The fourth-order valence-electron chi connectivity index (χ4n) is 4.61. The quantitative estimate of drug-likeness (QED) is 0.263. The first kappa shape index (κ1) is 22.4. The van der Waals surface area contributed by atoms with E-state index in [0.29, 0.717) is 23.4 Å². The Hall–Kier alpha value is -4.39. The maximum Gasteiger partial charge on any atom is 0.337 e. The summed E-state index contributed by atoms with van der Waals surface area (Å²) in [6, 6.07) is 19.7. The number of aliphatic hydroxyl groups excluding tert-OH is 1. The first-order chi connectivity index (χ1) is 17.0. The third kappa shape index (κ3) is 3.95. The van der Waals surface area contributed by atoms with Gasteiger partial charge in [0.1, 0.15) is 11.5 Å². The average molecular weight is 469 g/mol. The molecule has 1 unspecified atom stereocenters. The molecule has 0 aromatic heterocycles. The molecule has 2 aliphatic heterocycles. The predicted octanol–water partition coefficient (Wildman–Crippen LogP) is 4.42. The van der Waals surface area contributed by atoms with Crippen molar-refractivity contribution in [1.29, 1.82) is 0 Å². The monoisotopic (exact) mass is 469 g/mol. The lowest BCUT2D eigenvalue weighted by Crippen LogP contribution is -2.29. The molecule has 1 amide bonds. The molecule has 2 heterocycles. The van der Waals surface area contributed by atoms with Crippen LogP contribution < -0.4 is 9.64 Å². The van der Waals surface area contributed by atoms with Gasteiger partial charge in [-0.25, -0.2) is 4.79 Å². The summed E-state index contributed by atoms with van der Waals surface area (Å²) in [6.45, 7) is 0.641. The van der Waals surface area contributed by atoms with E-state index >= 15 is 0 Å². The van der Waals surface area contributed by atoms with Gasteiger partial charge in [-0.1, -0.05) is 36.4 Å². The zero-order valence-corrected chi connectivity index (χ0v) is 19.1. The summed E-state index contributed by atoms with van der Waals surface area (Å²) in [4.78, 5) is 40.1. The minimum Gasteiger partial charge on any atom is -0.507 e. The lowest BCUT2D eigenvalue weighted by atomic mass is 9.94. The SMILES string of the molecule is COC(=O)c1cccc(N2C(=O)C(=O)/C(=C(\O)c3ccc4c(c3)CCCO4)C2c2ccccc2)c1. The molecule has 5 rings (SSSR count). The number of carbonyl (C=O) groups is 3. The molecule has 3 aromatic rings. The standard InChI is InChI=1S/C28H23NO6/c1-34-28(33)20-9-5-11-21(16-20)29-24(17-7-3-2-4-8-17)23(26(31)27(29)32)25(30)19-12-13-22-18(15-19)10-6-14-35-22/h2-5,7-9,11-13,15-16,24,30H,6,10,14H2,1H3/b25-23-. The van der Waals surface area contributed by atoms with Gasteiger partial charge in [0.05, 0.1) is 30.9 Å². The van der Waals surface area contributed by atoms with Crippen LogP contribution in [0.5, 0.6) is 5.75 Å². The van der Waals surface area contributed by atoms with Gasteiger partial charge in [0.25, 0.3) is 11.7 Å². The van der Waals surface area contributed by atoms with Crippen LogP contribution in [0.3, 0.4) is 0 Å². The summed E-state index contributed by atoms with van der Waals surface area (Å²) < 4.78 is 10.5. The zero-order chi connectivity index (χ0) is 24.5. The Morgan fingerprint density at radius 2 is 1.80 bits per heavy atom. The number of aliphatic hydroxyl groups is 1. The van der Waals surface area contributed by atoms with Crippen molar-refractivity contribution in [2.24, 2.45) is 0 Å². The van der Waals surface area contributed by atoms with E-state index < -0.39 is 23.7 Å². The highest BCUT2D eigenvalue weighted by molar-refractivity contribution is 6.51. The summed E-state index contributed by atoms with van der Waals surface area (Å²) in [7, 11) is 1.27. The van der Waals surface area contributed by atoms with E-state index in [1.54, 1.807) is 60.7 Å². The van der Waals surface area contributed by atoms with Crippen LogP contribution in [0.1, 0.15) is 39.5 Å². The molecule has 1 saturated heterocycles. The van der Waals surface area contributed by atoms with Crippen LogP contribution in [0.15, 0.2) is 78.4 Å². The van der Waals surface area contributed by atoms with Crippen LogP contribution in [0.2, 0.25) is 0 Å². The molecule has 0 saturated carbocycles. The van der Waals surface area contributed by atoms with Gasteiger partial charge in [-0.05, 0) is 60.4 Å². The molecule has 2 aliphatic rings. The number of methoxy groups -OCH3 is 1. The number of amides is 1. The molecular weight excluding hydrogens is 446 g/mol. The lowest BCUT2D eigenvalue weighted by molar-refractivity contribution is -0.132. The Balaban J connectivity index is 1.67. The van der Waals surface area contributed by atoms with Crippen molar-refractivity contribution >= 4 is 29.1 Å². The van der Waals surface area contributed by atoms with Crippen molar-refractivity contribution in [2.45, 2.75) is 18.9 Å². The summed E-state index contributed by atoms with van der Waals surface area (Å²) in [5.41, 5.74) is 2.61. The first-order valence-corrected chi connectivity index (χ1v) is 11.3. The Bertz CT molecular complexity index is 1360. The predicted molar refractivity (Wildman–Crippen MR) is 129 cm³/mol. The number of ketones is 1. The van der Waals surface area contributed by atoms with Crippen molar-refractivity contribution in [3.05, 3.63) is 101 Å². The van der Waals surface area contributed by atoms with E-state index in [4.69, 9.17) is 9.47 Å². The van der Waals surface area contributed by atoms with E-state index in [2.05, 4.69) is 0 Å². The number of nitrogens with zero attached hydrogens (tertiary/aromatic N) is 1. The van der Waals surface area contributed by atoms with Gasteiger partial charge in [-0.15, -0.1) is 0 Å². The molecule has 0 aliphatic carbocycles. The van der Waals surface area contributed by atoms with E-state index in [0.717, 1.165) is 24.2 Å². The molecule has 176 valence electrons. The fraction of sp³-hybridized carbons (Fsp3) is 0.179. The number of esters is 1. The minimum absolute atomic E-state index is 0.0126. The summed E-state index contributed by atoms with van der Waals surface area (Å²) in [5, 5.41) is 11.4. The van der Waals surface area contributed by atoms with Gasteiger partial charge < -0.3 is 14.6 Å². The van der Waals surface area contributed by atoms with Crippen LogP contribution in [-0.2, 0) is 20.7 Å². The molecule has 0 radical (unpaired) electrons. The zero-order valence-electron chi connectivity index (χ0n) is 19.1. The molecule has 1 fully saturated rings. The number of Topliss-reactive ketones (excluding diaryl/α,β-unsaturated/α-hetero) is 1. The molecule has 7 heteroatoms. The number of carbonyl (C=O) groups excluding carboxylic acids is 3. The number of benzene rings is 3. The highest BCUT2D eigenvalue weighted by Crippen LogP contribution is 2.42. The summed E-state index contributed by atoms with van der Waals surface area (Å²) in [6.07, 6.45) is 1.66. The normalized spacial score (nSPS) is 18.7. The number of anilines is 1. The Morgan fingerprint density at radius 3 is 2.57 bits per heavy atom. The molecule has 0 bridgehead atoms. The summed E-state index contributed by atoms with van der Waals surface area (Å²) in [5.74, 6) is -1.64. The fourth-order valence-corrected chi connectivity index (χ4v) is 4.61. The number of hydrogen-bond acceptors (Lipinski definition) is 6. The molecule has 1 atom stereocenters. The van der Waals surface area contributed by atoms with Gasteiger partial charge in [-0.3, -0.25) is 14.5 Å². The van der Waals surface area contributed by atoms with E-state index in [-0.39, 0.29) is 16.9 Å². The third-order valence-electron chi connectivity index (χ3n) is 6.29. The average Bonchev–Trinajstić information content (AvgIpc) is 3.18. The number of ether oxygens (including phenoxy) is 2. The number of hydrogen-bond donors (Lipinski definition) is 1. The minimum atomic E-state index is -0.878. The van der Waals surface area contributed by atoms with Crippen LogP contribution >= 0.6 is 0 Å². The van der Waals surface area contributed by atoms with Crippen molar-refractivity contribution in [1.82, 2.24) is 0 Å². The third-order valence-corrected chi connectivity index (χ3v) is 6.29. The van der Waals surface area contributed by atoms with Gasteiger partial charge >= 0.3 is 5.97 Å². The van der Waals surface area contributed by atoms with E-state index in [1.165, 1.54) is 18.1 Å². The Kier molecular flexibility index (Phi) is 5.82. The second-order valence-corrected chi connectivity index (χ2v) is 8.40. The van der Waals surface area contributed by atoms with Gasteiger partial charge in [0, 0.05) is 11.3 Å². The van der Waals surface area contributed by atoms with Gasteiger partial charge in [0.15, 0.2) is 0 Å². The number of fused-ring (bicyclic) bond motifs is 1. The van der Waals surface area contributed by atoms with Crippen LogP contribution in [-0.4, -0.2) is 36.5 Å². The molecular formula is C28H23NO6. The lowest BCUT2D eigenvalue weighted by Gasteiger charge is -2.26. The maximum absolute atomic E-state index is 13.3. The molecule has 35 heavy (non-hydrogen) atoms. The van der Waals surface area contributed by atoms with Crippen LogP contribution in [0, 0.1) is 0 Å². The van der Waals surface area contributed by atoms with Crippen LogP contribution in [0.25, 0.3) is 5.76 Å². The van der Waals surface area contributed by atoms with Gasteiger partial charge in [0.2, 0.25) is 0 Å². The highest BCUT2D eigenvalue weighted by Gasteiger charge is 2.47. The van der Waals surface area contributed by atoms with E-state index in [9.17, 15) is 19.5 Å². The molecule has 1 N–H and O–H groups in total. The second-order valence-electron chi connectivity index (χ2n) is 8.40. The van der Waals surface area contributed by atoms with Gasteiger partial charge in [-0.2, -0.15) is 0 Å². The number of aryl methyl sites for hydroxylation is 1. The summed E-state index contributed by atoms with van der Waals surface area (Å²) >= 11 is 0. The number of rotatable bonds is 4. The Morgan fingerprint density at radius 1 is 1.00 bits per heavy atom.